The minimum atomic E-state index is -0.832. The molecule has 2 fully saturated rings. The summed E-state index contributed by atoms with van der Waals surface area (Å²) < 4.78 is 6.37. The number of fused-ring (bicyclic) bond motifs is 2. The van der Waals surface area contributed by atoms with E-state index < -0.39 is 11.2 Å². The minimum absolute atomic E-state index is 0.0340. The summed E-state index contributed by atoms with van der Waals surface area (Å²) in [6.07, 6.45) is 10.5. The van der Waals surface area contributed by atoms with Crippen molar-refractivity contribution in [3.8, 4) is 0 Å². The van der Waals surface area contributed by atoms with Crippen molar-refractivity contribution in [3.63, 3.8) is 0 Å². The number of allylic oxidation sites excluding steroid dienone is 1. The second-order valence-corrected chi connectivity index (χ2v) is 8.92. The van der Waals surface area contributed by atoms with E-state index in [1.807, 2.05) is 26.8 Å². The van der Waals surface area contributed by atoms with E-state index >= 15 is 0 Å². The van der Waals surface area contributed by atoms with Gasteiger partial charge in [0.2, 0.25) is 0 Å². The predicted molar refractivity (Wildman–Crippen MR) is 95.7 cm³/mol. The van der Waals surface area contributed by atoms with Gasteiger partial charge in [-0.25, -0.2) is 4.89 Å². The van der Waals surface area contributed by atoms with Gasteiger partial charge in [-0.2, -0.15) is 0 Å². The third-order valence-corrected chi connectivity index (χ3v) is 6.27. The van der Waals surface area contributed by atoms with E-state index in [4.69, 9.17) is 9.99 Å². The Morgan fingerprint density at radius 3 is 2.58 bits per heavy atom. The van der Waals surface area contributed by atoms with Gasteiger partial charge in [-0.3, -0.25) is 5.26 Å². The molecule has 2 heterocycles. The molecular formula is C20H34O4. The number of hydrogen-bond acceptors (Lipinski definition) is 4. The molecule has 2 rings (SSSR count). The molecule has 0 spiro atoms. The third-order valence-electron chi connectivity index (χ3n) is 6.27. The summed E-state index contributed by atoms with van der Waals surface area (Å²) in [6, 6.07) is 0. The van der Waals surface area contributed by atoms with Crippen molar-refractivity contribution in [1.82, 2.24) is 0 Å². The van der Waals surface area contributed by atoms with Crippen LogP contribution in [0, 0.1) is 11.3 Å². The van der Waals surface area contributed by atoms with E-state index in [9.17, 15) is 5.11 Å². The van der Waals surface area contributed by atoms with E-state index in [0.29, 0.717) is 12.3 Å². The molecule has 2 aliphatic heterocycles. The maximum absolute atomic E-state index is 10.3. The molecule has 0 amide bonds. The second-order valence-electron chi connectivity index (χ2n) is 8.92. The first-order valence-electron chi connectivity index (χ1n) is 9.02. The Kier molecular flexibility index (Phi) is 5.37. The van der Waals surface area contributed by atoms with Crippen LogP contribution in [0.2, 0.25) is 0 Å². The van der Waals surface area contributed by atoms with Crippen molar-refractivity contribution in [3.05, 3.63) is 24.8 Å². The Bertz CT molecular complexity index is 496. The van der Waals surface area contributed by atoms with Crippen LogP contribution in [0.25, 0.3) is 0 Å². The Hall–Kier alpha value is -0.680. The molecule has 24 heavy (non-hydrogen) atoms. The van der Waals surface area contributed by atoms with Crippen LogP contribution < -0.4 is 0 Å². The van der Waals surface area contributed by atoms with Gasteiger partial charge in [0, 0.05) is 5.41 Å². The Balaban J connectivity index is 2.14. The normalized spacial score (nSPS) is 38.6. The largest absolute Gasteiger partial charge is 0.386 e. The molecule has 0 aromatic rings. The van der Waals surface area contributed by atoms with Crippen molar-refractivity contribution in [2.75, 3.05) is 0 Å². The molecule has 0 radical (unpaired) electrons. The maximum Gasteiger partial charge on any atom is 0.116 e. The van der Waals surface area contributed by atoms with Gasteiger partial charge in [0.25, 0.3) is 0 Å². The van der Waals surface area contributed by atoms with Crippen molar-refractivity contribution in [2.45, 2.75) is 89.6 Å². The quantitative estimate of drug-likeness (QED) is 0.389. The molecule has 0 saturated carbocycles. The fourth-order valence-electron chi connectivity index (χ4n) is 4.58. The highest BCUT2D eigenvalue weighted by Gasteiger charge is 2.61. The van der Waals surface area contributed by atoms with Gasteiger partial charge in [-0.05, 0) is 65.7 Å². The molecule has 2 aliphatic rings. The summed E-state index contributed by atoms with van der Waals surface area (Å²) in [7, 11) is 0. The number of rotatable bonds is 8. The third kappa shape index (κ3) is 3.77. The van der Waals surface area contributed by atoms with Crippen molar-refractivity contribution in [1.29, 1.82) is 0 Å². The van der Waals surface area contributed by atoms with Gasteiger partial charge in [0.1, 0.15) is 5.60 Å². The van der Waals surface area contributed by atoms with Crippen LogP contribution >= 0.6 is 0 Å². The van der Waals surface area contributed by atoms with E-state index in [2.05, 4.69) is 31.4 Å². The van der Waals surface area contributed by atoms with Crippen molar-refractivity contribution >= 4 is 0 Å². The Morgan fingerprint density at radius 2 is 2.00 bits per heavy atom. The number of aliphatic hydroxyl groups is 1. The molecular weight excluding hydrogens is 304 g/mol. The second kappa shape index (κ2) is 6.56. The van der Waals surface area contributed by atoms with E-state index in [1.54, 1.807) is 6.08 Å². The average molecular weight is 338 g/mol. The molecule has 0 aliphatic carbocycles. The fourth-order valence-corrected chi connectivity index (χ4v) is 4.58. The number of hydrogen-bond donors (Lipinski definition) is 2. The highest BCUT2D eigenvalue weighted by atomic mass is 17.1. The topological polar surface area (TPSA) is 58.9 Å². The first-order chi connectivity index (χ1) is 11.0. The standard InChI is InChI=1S/C20H34O4/c1-7-18(4,21)13-9-15-19(5,12-8-11-17(2,3)24-22)16-10-14-20(15,6)23-16/h7-8,11,15-16,21-22H,1,9-10,12-14H2,2-6H3/b11-8+/t15?,16?,18-,19?,20?/m1/s1. The fraction of sp³-hybridized carbons (Fsp3) is 0.800. The Morgan fingerprint density at radius 1 is 1.33 bits per heavy atom. The van der Waals surface area contributed by atoms with Crippen LogP contribution in [-0.4, -0.2) is 33.3 Å². The smallest absolute Gasteiger partial charge is 0.116 e. The predicted octanol–water partition coefficient (Wildman–Crippen LogP) is 4.49. The van der Waals surface area contributed by atoms with Crippen LogP contribution in [0.5, 0.6) is 0 Å². The first kappa shape index (κ1) is 19.6. The molecule has 0 aromatic carbocycles. The molecule has 2 saturated heterocycles. The lowest BCUT2D eigenvalue weighted by atomic mass is 9.59. The summed E-state index contributed by atoms with van der Waals surface area (Å²) in [5.74, 6) is 0.387. The van der Waals surface area contributed by atoms with Gasteiger partial charge >= 0.3 is 0 Å². The molecule has 4 heteroatoms. The minimum Gasteiger partial charge on any atom is -0.386 e. The van der Waals surface area contributed by atoms with Gasteiger partial charge in [-0.1, -0.05) is 25.2 Å². The summed E-state index contributed by atoms with van der Waals surface area (Å²) in [5.41, 5.74) is -1.58. The van der Waals surface area contributed by atoms with Gasteiger partial charge in [0.05, 0.1) is 17.3 Å². The average Bonchev–Trinajstić information content (AvgIpc) is 2.98. The molecule has 2 bridgehead atoms. The zero-order chi connectivity index (χ0) is 18.2. The van der Waals surface area contributed by atoms with E-state index in [1.165, 1.54) is 0 Å². The highest BCUT2D eigenvalue weighted by Crippen LogP contribution is 2.61. The lowest BCUT2D eigenvalue weighted by Gasteiger charge is -2.42. The van der Waals surface area contributed by atoms with E-state index in [-0.39, 0.29) is 17.1 Å². The monoisotopic (exact) mass is 338 g/mol. The van der Waals surface area contributed by atoms with Crippen LogP contribution in [-0.2, 0) is 9.62 Å². The molecule has 4 nitrogen and oxygen atoms in total. The van der Waals surface area contributed by atoms with Gasteiger partial charge in [-0.15, -0.1) is 6.58 Å². The van der Waals surface area contributed by atoms with Gasteiger partial charge < -0.3 is 9.84 Å². The summed E-state index contributed by atoms with van der Waals surface area (Å²) in [6.45, 7) is 13.7. The molecule has 0 aromatic heterocycles. The van der Waals surface area contributed by atoms with Crippen LogP contribution in [0.4, 0.5) is 0 Å². The van der Waals surface area contributed by atoms with Crippen molar-refractivity contribution < 1.29 is 20.0 Å². The zero-order valence-electron chi connectivity index (χ0n) is 15.8. The molecule has 4 unspecified atom stereocenters. The van der Waals surface area contributed by atoms with Crippen LogP contribution in [0.15, 0.2) is 24.8 Å². The lowest BCUT2D eigenvalue weighted by Crippen LogP contribution is -2.43. The van der Waals surface area contributed by atoms with Crippen LogP contribution in [0.3, 0.4) is 0 Å². The zero-order valence-corrected chi connectivity index (χ0v) is 15.8. The Labute approximate surface area is 146 Å². The molecule has 2 N–H and O–H groups in total. The van der Waals surface area contributed by atoms with Crippen LogP contribution in [0.1, 0.15) is 66.7 Å². The summed E-state index contributed by atoms with van der Waals surface area (Å²) >= 11 is 0. The SMILES string of the molecule is C=C[C@@](C)(O)CCC1C2(C)CCC(O2)C1(C)C/C=C/C(C)(C)OO. The lowest BCUT2D eigenvalue weighted by molar-refractivity contribution is -0.297. The number of ether oxygens (including phenoxy) is 1. The first-order valence-corrected chi connectivity index (χ1v) is 9.02. The highest BCUT2D eigenvalue weighted by molar-refractivity contribution is 5.13. The summed E-state index contributed by atoms with van der Waals surface area (Å²) in [5, 5.41) is 19.2. The van der Waals surface area contributed by atoms with Gasteiger partial charge in [0.15, 0.2) is 0 Å². The van der Waals surface area contributed by atoms with E-state index in [0.717, 1.165) is 25.7 Å². The van der Waals surface area contributed by atoms with Crippen molar-refractivity contribution in [2.24, 2.45) is 11.3 Å². The summed E-state index contributed by atoms with van der Waals surface area (Å²) in [4.78, 5) is 4.49. The molecule has 5 atom stereocenters. The molecule has 138 valence electrons. The maximum atomic E-state index is 10.3.